The van der Waals surface area contributed by atoms with Gasteiger partial charge in [0.2, 0.25) is 5.91 Å². The Labute approximate surface area is 226 Å². The lowest BCUT2D eigenvalue weighted by Gasteiger charge is -2.24. The number of nitrogens with one attached hydrogen (secondary N) is 1. The zero-order valence-corrected chi connectivity index (χ0v) is 22.2. The summed E-state index contributed by atoms with van der Waals surface area (Å²) < 4.78 is 10.7. The number of hydrogen-bond donors (Lipinski definition) is 1. The monoisotopic (exact) mass is 537 g/mol. The molecule has 7 nitrogen and oxygen atoms in total. The van der Waals surface area contributed by atoms with Crippen LogP contribution in [0, 0.1) is 0 Å². The number of halogens is 1. The van der Waals surface area contributed by atoms with E-state index in [1.807, 2.05) is 36.1 Å². The number of carbonyl (C=O) groups is 2. The number of rotatable bonds is 10. The first-order valence-electron chi connectivity index (χ1n) is 12.0. The van der Waals surface area contributed by atoms with Crippen molar-refractivity contribution in [2.45, 2.75) is 25.8 Å². The van der Waals surface area contributed by atoms with Crippen LogP contribution in [0.4, 0.5) is 11.4 Å². The third kappa shape index (κ3) is 6.39. The van der Waals surface area contributed by atoms with Crippen molar-refractivity contribution in [2.75, 3.05) is 30.5 Å². The lowest BCUT2D eigenvalue weighted by molar-refractivity contribution is -0.124. The summed E-state index contributed by atoms with van der Waals surface area (Å²) in [6.07, 6.45) is 0.587. The van der Waals surface area contributed by atoms with Crippen LogP contribution in [0.25, 0.3) is 0 Å². The molecule has 1 N–H and O–H groups in total. The first-order valence-corrected chi connectivity index (χ1v) is 12.7. The Bertz CT molecular complexity index is 1270. The molecule has 0 aliphatic carbocycles. The first kappa shape index (κ1) is 26.4. The molecule has 1 aliphatic rings. The van der Waals surface area contributed by atoms with Crippen LogP contribution in [0.2, 0.25) is 5.02 Å². The van der Waals surface area contributed by atoms with Crippen molar-refractivity contribution in [1.29, 1.82) is 0 Å². The molecule has 1 unspecified atom stereocenters. The molecule has 9 heteroatoms. The van der Waals surface area contributed by atoms with Gasteiger partial charge in [-0.05, 0) is 85.7 Å². The van der Waals surface area contributed by atoms with Crippen molar-refractivity contribution in [3.63, 3.8) is 0 Å². The molecule has 1 saturated heterocycles. The van der Waals surface area contributed by atoms with E-state index in [2.05, 4.69) is 5.32 Å². The maximum atomic E-state index is 13.6. The SMILES string of the molecule is CCOc1ccc(NC(=O)CC2C(=O)N(c3cccc(Cl)c3)C(=S)N2CCc2ccc(OC)cc2)cc1. The summed E-state index contributed by atoms with van der Waals surface area (Å²) in [5.74, 6) is 0.946. The van der Waals surface area contributed by atoms with Gasteiger partial charge >= 0.3 is 0 Å². The lowest BCUT2D eigenvalue weighted by atomic mass is 10.1. The van der Waals surface area contributed by atoms with E-state index < -0.39 is 6.04 Å². The molecule has 3 aromatic carbocycles. The van der Waals surface area contributed by atoms with E-state index in [1.54, 1.807) is 55.6 Å². The number of ether oxygens (including phenoxy) is 2. The van der Waals surface area contributed by atoms with Gasteiger partial charge in [-0.25, -0.2) is 0 Å². The molecule has 4 rings (SSSR count). The highest BCUT2D eigenvalue weighted by Gasteiger charge is 2.44. The fraction of sp³-hybridized carbons (Fsp3) is 0.250. The van der Waals surface area contributed by atoms with Crippen LogP contribution in [-0.2, 0) is 16.0 Å². The molecule has 0 spiro atoms. The van der Waals surface area contributed by atoms with Crippen LogP contribution >= 0.6 is 23.8 Å². The van der Waals surface area contributed by atoms with Gasteiger partial charge in [0, 0.05) is 17.3 Å². The minimum absolute atomic E-state index is 0.0497. The van der Waals surface area contributed by atoms with E-state index in [0.717, 1.165) is 17.1 Å². The predicted octanol–water partition coefficient (Wildman–Crippen LogP) is 5.32. The van der Waals surface area contributed by atoms with Gasteiger partial charge < -0.3 is 19.7 Å². The van der Waals surface area contributed by atoms with E-state index in [1.165, 1.54) is 4.90 Å². The Morgan fingerprint density at radius 3 is 2.41 bits per heavy atom. The molecule has 0 saturated carbocycles. The Kier molecular flexibility index (Phi) is 8.63. The molecule has 0 bridgehead atoms. The number of amides is 2. The molecule has 0 radical (unpaired) electrons. The van der Waals surface area contributed by atoms with Crippen molar-refractivity contribution in [3.05, 3.63) is 83.4 Å². The smallest absolute Gasteiger partial charge is 0.256 e. The van der Waals surface area contributed by atoms with Gasteiger partial charge in [0.25, 0.3) is 5.91 Å². The average molecular weight is 538 g/mol. The van der Waals surface area contributed by atoms with Gasteiger partial charge in [0.05, 0.1) is 25.8 Å². The van der Waals surface area contributed by atoms with Crippen molar-refractivity contribution in [2.24, 2.45) is 0 Å². The average Bonchev–Trinajstić information content (AvgIpc) is 3.12. The maximum absolute atomic E-state index is 13.6. The second-order valence-electron chi connectivity index (χ2n) is 8.45. The van der Waals surface area contributed by atoms with Crippen molar-refractivity contribution < 1.29 is 19.1 Å². The van der Waals surface area contributed by atoms with Crippen LogP contribution < -0.4 is 19.7 Å². The van der Waals surface area contributed by atoms with Crippen molar-refractivity contribution in [3.8, 4) is 11.5 Å². The van der Waals surface area contributed by atoms with Crippen LogP contribution in [0.5, 0.6) is 11.5 Å². The predicted molar refractivity (Wildman–Crippen MR) is 150 cm³/mol. The molecule has 1 atom stereocenters. The Morgan fingerprint density at radius 1 is 1.05 bits per heavy atom. The summed E-state index contributed by atoms with van der Waals surface area (Å²) in [5, 5.41) is 3.72. The van der Waals surface area contributed by atoms with E-state index >= 15 is 0 Å². The van der Waals surface area contributed by atoms with Gasteiger partial charge in [0.15, 0.2) is 5.11 Å². The van der Waals surface area contributed by atoms with E-state index in [-0.39, 0.29) is 18.2 Å². The highest BCUT2D eigenvalue weighted by molar-refractivity contribution is 7.80. The van der Waals surface area contributed by atoms with Crippen LogP contribution in [0.1, 0.15) is 18.9 Å². The largest absolute Gasteiger partial charge is 0.497 e. The van der Waals surface area contributed by atoms with Gasteiger partial charge in [-0.2, -0.15) is 0 Å². The molecule has 1 aliphatic heterocycles. The van der Waals surface area contributed by atoms with Crippen molar-refractivity contribution in [1.82, 2.24) is 4.90 Å². The van der Waals surface area contributed by atoms with Gasteiger partial charge in [-0.15, -0.1) is 0 Å². The standard InChI is InChI=1S/C28H28ClN3O4S/c1-3-36-24-13-9-21(10-14-24)30-26(33)18-25-27(34)32(22-6-4-5-20(29)17-22)28(37)31(25)16-15-19-7-11-23(35-2)12-8-19/h4-14,17,25H,3,15-16,18H2,1-2H3,(H,30,33). The summed E-state index contributed by atoms with van der Waals surface area (Å²) in [5.41, 5.74) is 2.26. The Morgan fingerprint density at radius 2 is 1.76 bits per heavy atom. The number of methoxy groups -OCH3 is 1. The summed E-state index contributed by atoms with van der Waals surface area (Å²) >= 11 is 11.9. The van der Waals surface area contributed by atoms with Crippen LogP contribution in [-0.4, -0.2) is 48.1 Å². The highest BCUT2D eigenvalue weighted by Crippen LogP contribution is 2.29. The molecule has 0 aromatic heterocycles. The highest BCUT2D eigenvalue weighted by atomic mass is 35.5. The molecule has 3 aromatic rings. The second-order valence-corrected chi connectivity index (χ2v) is 9.25. The minimum Gasteiger partial charge on any atom is -0.497 e. The minimum atomic E-state index is -0.743. The second kappa shape index (κ2) is 12.1. The van der Waals surface area contributed by atoms with Gasteiger partial charge in [-0.3, -0.25) is 14.5 Å². The van der Waals surface area contributed by atoms with Gasteiger partial charge in [-0.1, -0.05) is 29.8 Å². The number of benzene rings is 3. The molecule has 37 heavy (non-hydrogen) atoms. The molecule has 2 amide bonds. The zero-order valence-electron chi connectivity index (χ0n) is 20.6. The van der Waals surface area contributed by atoms with Crippen LogP contribution in [0.15, 0.2) is 72.8 Å². The summed E-state index contributed by atoms with van der Waals surface area (Å²) in [4.78, 5) is 29.9. The topological polar surface area (TPSA) is 71.1 Å². The Balaban J connectivity index is 1.52. The maximum Gasteiger partial charge on any atom is 0.256 e. The summed E-state index contributed by atoms with van der Waals surface area (Å²) in [6, 6.07) is 21.1. The third-order valence-corrected chi connectivity index (χ3v) is 6.67. The summed E-state index contributed by atoms with van der Waals surface area (Å²) in [6.45, 7) is 2.94. The third-order valence-electron chi connectivity index (χ3n) is 6.01. The Hall–Kier alpha value is -3.62. The fourth-order valence-corrected chi connectivity index (χ4v) is 4.77. The first-order chi connectivity index (χ1) is 17.9. The molecule has 192 valence electrons. The molecule has 1 fully saturated rings. The quantitative estimate of drug-likeness (QED) is 0.353. The summed E-state index contributed by atoms with van der Waals surface area (Å²) in [7, 11) is 1.62. The molecule has 1 heterocycles. The molecular weight excluding hydrogens is 510 g/mol. The van der Waals surface area contributed by atoms with E-state index in [0.29, 0.717) is 41.1 Å². The number of anilines is 2. The van der Waals surface area contributed by atoms with E-state index in [4.69, 9.17) is 33.3 Å². The number of thiocarbonyl (C=S) groups is 1. The van der Waals surface area contributed by atoms with Gasteiger partial charge in [0.1, 0.15) is 17.5 Å². The van der Waals surface area contributed by atoms with E-state index in [9.17, 15) is 9.59 Å². The number of hydrogen-bond acceptors (Lipinski definition) is 5. The normalized spacial score (nSPS) is 15.2. The molecular formula is C28H28ClN3O4S. The number of nitrogens with zero attached hydrogens (tertiary/aromatic N) is 2. The van der Waals surface area contributed by atoms with Crippen molar-refractivity contribution >= 4 is 52.1 Å². The zero-order chi connectivity index (χ0) is 26.4. The lowest BCUT2D eigenvalue weighted by Crippen LogP contribution is -2.39. The number of carbonyl (C=O) groups excluding carboxylic acids is 2. The van der Waals surface area contributed by atoms with Crippen LogP contribution in [0.3, 0.4) is 0 Å². The fourth-order valence-electron chi connectivity index (χ4n) is 4.17.